The fourth-order valence-corrected chi connectivity index (χ4v) is 2.20. The molecule has 2 rings (SSSR count). The fraction of sp³-hybridized carbons (Fsp3) is 0.143. The average molecular weight is 300 g/mol. The van der Waals surface area contributed by atoms with Crippen molar-refractivity contribution in [3.8, 4) is 5.75 Å². The molecule has 0 aliphatic heterocycles. The number of nitrogens with one attached hydrogen (secondary N) is 1. The molecular weight excluding hydrogens is 288 g/mol. The third-order valence-electron chi connectivity index (χ3n) is 2.57. The summed E-state index contributed by atoms with van der Waals surface area (Å²) in [7, 11) is 1.56. The Bertz CT molecular complexity index is 569. The monoisotopic (exact) mass is 299 g/mol. The smallest absolute Gasteiger partial charge is 0.137 e. The van der Waals surface area contributed by atoms with Crippen molar-refractivity contribution in [1.82, 2.24) is 0 Å². The van der Waals surface area contributed by atoms with Gasteiger partial charge in [0.25, 0.3) is 0 Å². The quantitative estimate of drug-likeness (QED) is 0.879. The molecule has 0 aliphatic rings. The maximum absolute atomic E-state index is 13.2. The lowest BCUT2D eigenvalue weighted by molar-refractivity contribution is 0.415. The zero-order valence-corrected chi connectivity index (χ0v) is 11.7. The fourth-order valence-electron chi connectivity index (χ4n) is 1.69. The molecule has 0 saturated heterocycles. The Kier molecular flexibility index (Phi) is 4.51. The molecule has 0 spiro atoms. The van der Waals surface area contributed by atoms with E-state index < -0.39 is 0 Å². The Balaban J connectivity index is 2.08. The number of hydrogen-bond acceptors (Lipinski definition) is 2. The van der Waals surface area contributed by atoms with Crippen molar-refractivity contribution in [3.05, 3.63) is 57.8 Å². The van der Waals surface area contributed by atoms with E-state index in [-0.39, 0.29) is 5.82 Å². The van der Waals surface area contributed by atoms with Crippen molar-refractivity contribution in [2.45, 2.75) is 6.54 Å². The number of benzene rings is 2. The first-order valence-electron chi connectivity index (χ1n) is 5.61. The van der Waals surface area contributed by atoms with Crippen molar-refractivity contribution in [2.24, 2.45) is 0 Å². The summed E-state index contributed by atoms with van der Waals surface area (Å²) in [5, 5.41) is 4.04. The van der Waals surface area contributed by atoms with Gasteiger partial charge >= 0.3 is 0 Å². The van der Waals surface area contributed by atoms with Crippen LogP contribution in [0.2, 0.25) is 10.0 Å². The first kappa shape index (κ1) is 14.0. The topological polar surface area (TPSA) is 21.3 Å². The minimum atomic E-state index is -0.350. The predicted molar refractivity (Wildman–Crippen MR) is 76.7 cm³/mol. The standard InChI is InChI=1S/C14H12Cl2FNO/c1-19-14-3-2-12(7-13(14)16)18-8-9-4-10(15)6-11(17)5-9/h2-7,18H,8H2,1H3. The van der Waals surface area contributed by atoms with Crippen LogP contribution in [0.25, 0.3) is 0 Å². The molecule has 0 saturated carbocycles. The Hall–Kier alpha value is -1.45. The molecule has 0 amide bonds. The zero-order chi connectivity index (χ0) is 13.8. The Morgan fingerprint density at radius 3 is 2.58 bits per heavy atom. The van der Waals surface area contributed by atoms with Gasteiger partial charge in [-0.25, -0.2) is 4.39 Å². The highest BCUT2D eigenvalue weighted by atomic mass is 35.5. The molecule has 0 aromatic heterocycles. The second-order valence-electron chi connectivity index (χ2n) is 3.98. The predicted octanol–water partition coefficient (Wildman–Crippen LogP) is 4.75. The van der Waals surface area contributed by atoms with Gasteiger partial charge in [0.2, 0.25) is 0 Å². The van der Waals surface area contributed by atoms with E-state index >= 15 is 0 Å². The van der Waals surface area contributed by atoms with Crippen molar-refractivity contribution in [2.75, 3.05) is 12.4 Å². The summed E-state index contributed by atoms with van der Waals surface area (Å²) in [5.41, 5.74) is 1.59. The van der Waals surface area contributed by atoms with E-state index in [1.165, 1.54) is 12.1 Å². The van der Waals surface area contributed by atoms with Crippen LogP contribution in [0.3, 0.4) is 0 Å². The van der Waals surface area contributed by atoms with Gasteiger partial charge in [-0.15, -0.1) is 0 Å². The number of methoxy groups -OCH3 is 1. The van der Waals surface area contributed by atoms with Crippen LogP contribution < -0.4 is 10.1 Å². The summed E-state index contributed by atoms with van der Waals surface area (Å²) < 4.78 is 18.2. The Morgan fingerprint density at radius 1 is 1.16 bits per heavy atom. The van der Waals surface area contributed by atoms with Crippen LogP contribution in [0.4, 0.5) is 10.1 Å². The van der Waals surface area contributed by atoms with Crippen molar-refractivity contribution in [3.63, 3.8) is 0 Å². The summed E-state index contributed by atoms with van der Waals surface area (Å²) in [6.45, 7) is 0.458. The highest BCUT2D eigenvalue weighted by Gasteiger charge is 2.03. The summed E-state index contributed by atoms with van der Waals surface area (Å²) in [6, 6.07) is 9.78. The number of halogens is 3. The van der Waals surface area contributed by atoms with Gasteiger partial charge < -0.3 is 10.1 Å². The number of anilines is 1. The minimum absolute atomic E-state index is 0.350. The van der Waals surface area contributed by atoms with Crippen LogP contribution in [-0.4, -0.2) is 7.11 Å². The number of ether oxygens (including phenoxy) is 1. The molecule has 0 atom stereocenters. The third kappa shape index (κ3) is 3.75. The highest BCUT2D eigenvalue weighted by Crippen LogP contribution is 2.27. The molecular formula is C14H12Cl2FNO. The SMILES string of the molecule is COc1ccc(NCc2cc(F)cc(Cl)c2)cc1Cl. The van der Waals surface area contributed by atoms with Gasteiger partial charge in [-0.1, -0.05) is 23.2 Å². The highest BCUT2D eigenvalue weighted by molar-refractivity contribution is 6.32. The number of rotatable bonds is 4. The molecule has 2 nitrogen and oxygen atoms in total. The van der Waals surface area contributed by atoms with Crippen molar-refractivity contribution in [1.29, 1.82) is 0 Å². The molecule has 0 fully saturated rings. The molecule has 0 aliphatic carbocycles. The van der Waals surface area contributed by atoms with Crippen LogP contribution in [-0.2, 0) is 6.54 Å². The van der Waals surface area contributed by atoms with E-state index in [0.717, 1.165) is 11.3 Å². The molecule has 0 radical (unpaired) electrons. The molecule has 0 bridgehead atoms. The van der Waals surface area contributed by atoms with Gasteiger partial charge in [0, 0.05) is 17.3 Å². The third-order valence-corrected chi connectivity index (χ3v) is 3.08. The van der Waals surface area contributed by atoms with Gasteiger partial charge in [-0.2, -0.15) is 0 Å². The van der Waals surface area contributed by atoms with Gasteiger partial charge in [-0.3, -0.25) is 0 Å². The van der Waals surface area contributed by atoms with E-state index in [4.69, 9.17) is 27.9 Å². The van der Waals surface area contributed by atoms with Crippen LogP contribution in [0, 0.1) is 5.82 Å². The summed E-state index contributed by atoms with van der Waals surface area (Å²) >= 11 is 11.8. The maximum atomic E-state index is 13.2. The van der Waals surface area contributed by atoms with Crippen LogP contribution in [0.5, 0.6) is 5.75 Å². The molecule has 0 heterocycles. The lowest BCUT2D eigenvalue weighted by Crippen LogP contribution is -2.00. The summed E-state index contributed by atoms with van der Waals surface area (Å²) in [4.78, 5) is 0. The molecule has 2 aromatic rings. The van der Waals surface area contributed by atoms with Gasteiger partial charge in [-0.05, 0) is 42.0 Å². The van der Waals surface area contributed by atoms with E-state index in [2.05, 4.69) is 5.32 Å². The van der Waals surface area contributed by atoms with Gasteiger partial charge in [0.1, 0.15) is 11.6 Å². The largest absolute Gasteiger partial charge is 0.495 e. The number of hydrogen-bond donors (Lipinski definition) is 1. The molecule has 2 aromatic carbocycles. The van der Waals surface area contributed by atoms with Crippen LogP contribution >= 0.6 is 23.2 Å². The summed E-state index contributed by atoms with van der Waals surface area (Å²) in [6.07, 6.45) is 0. The van der Waals surface area contributed by atoms with E-state index in [0.29, 0.717) is 22.3 Å². The molecule has 19 heavy (non-hydrogen) atoms. The average Bonchev–Trinajstić information content (AvgIpc) is 2.35. The zero-order valence-electron chi connectivity index (χ0n) is 10.2. The van der Waals surface area contributed by atoms with Crippen LogP contribution in [0.1, 0.15) is 5.56 Å². The molecule has 0 unspecified atom stereocenters. The first-order chi connectivity index (χ1) is 9.08. The van der Waals surface area contributed by atoms with E-state index in [9.17, 15) is 4.39 Å². The minimum Gasteiger partial charge on any atom is -0.495 e. The Labute approximate surface area is 121 Å². The molecule has 5 heteroatoms. The van der Waals surface area contributed by atoms with Gasteiger partial charge in [0.05, 0.1) is 12.1 Å². The second-order valence-corrected chi connectivity index (χ2v) is 4.82. The van der Waals surface area contributed by atoms with E-state index in [1.54, 1.807) is 25.3 Å². The van der Waals surface area contributed by atoms with E-state index in [1.807, 2.05) is 6.07 Å². The molecule has 1 N–H and O–H groups in total. The lowest BCUT2D eigenvalue weighted by Gasteiger charge is -2.09. The molecule has 100 valence electrons. The van der Waals surface area contributed by atoms with Crippen molar-refractivity contribution >= 4 is 28.9 Å². The first-order valence-corrected chi connectivity index (χ1v) is 6.36. The van der Waals surface area contributed by atoms with Crippen molar-refractivity contribution < 1.29 is 9.13 Å². The van der Waals surface area contributed by atoms with Gasteiger partial charge in [0.15, 0.2) is 0 Å². The maximum Gasteiger partial charge on any atom is 0.137 e. The normalized spacial score (nSPS) is 10.3. The summed E-state index contributed by atoms with van der Waals surface area (Å²) in [5.74, 6) is 0.262. The second kappa shape index (κ2) is 6.13. The van der Waals surface area contributed by atoms with Crippen LogP contribution in [0.15, 0.2) is 36.4 Å². The lowest BCUT2D eigenvalue weighted by atomic mass is 10.2. The Morgan fingerprint density at radius 2 is 1.95 bits per heavy atom.